The van der Waals surface area contributed by atoms with Gasteiger partial charge in [-0.15, -0.1) is 0 Å². The van der Waals surface area contributed by atoms with Crippen molar-refractivity contribution in [2.45, 2.75) is 25.8 Å². The molecule has 1 aromatic heterocycles. The number of hydrogen-bond acceptors (Lipinski definition) is 9. The number of nitrogens with zero attached hydrogens (tertiary/aromatic N) is 4. The number of piperidine rings is 1. The van der Waals surface area contributed by atoms with E-state index in [0.29, 0.717) is 0 Å². The predicted octanol–water partition coefficient (Wildman–Crippen LogP) is 3.29. The number of nitro groups is 2. The van der Waals surface area contributed by atoms with Crippen LogP contribution in [0.5, 0.6) is 0 Å². The number of rotatable bonds is 7. The van der Waals surface area contributed by atoms with Gasteiger partial charge >= 0.3 is 5.97 Å². The zero-order valence-electron chi connectivity index (χ0n) is 16.4. The Kier molecular flexibility index (Phi) is 6.40. The van der Waals surface area contributed by atoms with Crippen molar-refractivity contribution in [3.63, 3.8) is 0 Å². The summed E-state index contributed by atoms with van der Waals surface area (Å²) in [6.07, 6.45) is 5.05. The molecular formula is C19H21N5O6. The highest BCUT2D eigenvalue weighted by Gasteiger charge is 2.28. The van der Waals surface area contributed by atoms with Gasteiger partial charge in [-0.05, 0) is 37.0 Å². The van der Waals surface area contributed by atoms with Crippen LogP contribution < -0.4 is 10.2 Å². The number of nitrogens with one attached hydrogen (secondary N) is 1. The number of hydrogen-bond donors (Lipinski definition) is 1. The van der Waals surface area contributed by atoms with Gasteiger partial charge in [0.2, 0.25) is 0 Å². The Balaban J connectivity index is 1.91. The Hall–Kier alpha value is -3.76. The van der Waals surface area contributed by atoms with Gasteiger partial charge in [-0.3, -0.25) is 20.2 Å². The van der Waals surface area contributed by atoms with Crippen molar-refractivity contribution in [3.8, 4) is 0 Å². The second kappa shape index (κ2) is 9.16. The fraction of sp³-hybridized carbons (Fsp3) is 0.368. The summed E-state index contributed by atoms with van der Waals surface area (Å²) in [5, 5.41) is 25.5. The van der Waals surface area contributed by atoms with Crippen LogP contribution in [-0.2, 0) is 11.3 Å². The topological polar surface area (TPSA) is 141 Å². The van der Waals surface area contributed by atoms with Crippen LogP contribution in [0.2, 0.25) is 0 Å². The molecule has 2 aromatic rings. The Morgan fingerprint density at radius 3 is 2.53 bits per heavy atom. The molecule has 0 bridgehead atoms. The SMILES string of the molecule is COC(=O)c1cc([N+](=O)[O-])cc([N+](=O)[O-])c1NCc1ccnc(N2CCCCC2)c1. The number of benzene rings is 1. The summed E-state index contributed by atoms with van der Waals surface area (Å²) in [6, 6.07) is 5.43. The van der Waals surface area contributed by atoms with Gasteiger partial charge in [-0.1, -0.05) is 0 Å². The van der Waals surface area contributed by atoms with E-state index >= 15 is 0 Å². The average Bonchev–Trinajstić information content (AvgIpc) is 2.77. The Morgan fingerprint density at radius 2 is 1.90 bits per heavy atom. The molecule has 3 rings (SSSR count). The standard InChI is InChI=1S/C19H21N5O6/c1-30-19(25)15-10-14(23(26)27)11-16(24(28)29)18(15)21-12-13-5-6-20-17(9-13)22-7-3-2-4-8-22/h5-6,9-11,21H,2-4,7-8,12H2,1H3. The number of non-ortho nitro benzene ring substituents is 1. The summed E-state index contributed by atoms with van der Waals surface area (Å²) in [4.78, 5) is 39.8. The number of ether oxygens (including phenoxy) is 1. The maximum absolute atomic E-state index is 12.1. The summed E-state index contributed by atoms with van der Waals surface area (Å²) in [5.41, 5.74) is -0.745. The van der Waals surface area contributed by atoms with Gasteiger partial charge in [-0.2, -0.15) is 0 Å². The smallest absolute Gasteiger partial charge is 0.340 e. The number of aromatic nitrogens is 1. The van der Waals surface area contributed by atoms with Gasteiger partial charge in [0.1, 0.15) is 11.5 Å². The van der Waals surface area contributed by atoms with Crippen molar-refractivity contribution in [1.29, 1.82) is 0 Å². The van der Waals surface area contributed by atoms with Crippen LogP contribution in [0.25, 0.3) is 0 Å². The lowest BCUT2D eigenvalue weighted by Gasteiger charge is -2.28. The molecule has 1 fully saturated rings. The first kappa shape index (κ1) is 21.0. The van der Waals surface area contributed by atoms with Gasteiger partial charge in [0, 0.05) is 31.9 Å². The van der Waals surface area contributed by atoms with Crippen LogP contribution >= 0.6 is 0 Å². The molecule has 0 atom stereocenters. The van der Waals surface area contributed by atoms with E-state index in [0.717, 1.165) is 56.6 Å². The molecule has 0 amide bonds. The molecule has 0 aliphatic carbocycles. The summed E-state index contributed by atoms with van der Waals surface area (Å²) in [6.45, 7) is 2.00. The van der Waals surface area contributed by atoms with Gasteiger partial charge in [0.05, 0.1) is 28.6 Å². The Morgan fingerprint density at radius 1 is 1.17 bits per heavy atom. The molecular weight excluding hydrogens is 394 g/mol. The maximum Gasteiger partial charge on any atom is 0.340 e. The number of carbonyl (C=O) groups is 1. The highest BCUT2D eigenvalue weighted by molar-refractivity contribution is 5.99. The normalized spacial score (nSPS) is 13.6. The van der Waals surface area contributed by atoms with Crippen LogP contribution in [0.4, 0.5) is 22.9 Å². The number of pyridine rings is 1. The predicted molar refractivity (Wildman–Crippen MR) is 109 cm³/mol. The minimum Gasteiger partial charge on any atom is -0.465 e. The zero-order valence-corrected chi connectivity index (χ0v) is 16.4. The third kappa shape index (κ3) is 4.62. The van der Waals surface area contributed by atoms with Gasteiger partial charge in [0.15, 0.2) is 0 Å². The fourth-order valence-electron chi connectivity index (χ4n) is 3.37. The minimum atomic E-state index is -0.909. The maximum atomic E-state index is 12.1. The Labute approximate surface area is 172 Å². The monoisotopic (exact) mass is 415 g/mol. The van der Waals surface area contributed by atoms with Crippen LogP contribution in [0.1, 0.15) is 35.2 Å². The first-order chi connectivity index (χ1) is 14.4. The first-order valence-electron chi connectivity index (χ1n) is 9.39. The molecule has 11 heteroatoms. The molecule has 158 valence electrons. The summed E-state index contributed by atoms with van der Waals surface area (Å²) in [7, 11) is 1.10. The van der Waals surface area contributed by atoms with Crippen LogP contribution in [-0.4, -0.2) is 41.0 Å². The van der Waals surface area contributed by atoms with E-state index in [1.165, 1.54) is 6.42 Å². The molecule has 11 nitrogen and oxygen atoms in total. The van der Waals surface area contributed by atoms with Crippen LogP contribution in [0, 0.1) is 20.2 Å². The van der Waals surface area contributed by atoms with Crippen molar-refractivity contribution >= 4 is 28.8 Å². The number of anilines is 2. The molecule has 0 saturated carbocycles. The quantitative estimate of drug-likeness (QED) is 0.409. The molecule has 0 radical (unpaired) electrons. The lowest BCUT2D eigenvalue weighted by Crippen LogP contribution is -2.30. The summed E-state index contributed by atoms with van der Waals surface area (Å²) < 4.78 is 4.66. The largest absolute Gasteiger partial charge is 0.465 e. The van der Waals surface area contributed by atoms with Crippen molar-refractivity contribution in [1.82, 2.24) is 4.98 Å². The first-order valence-corrected chi connectivity index (χ1v) is 9.39. The molecule has 2 heterocycles. The number of carbonyl (C=O) groups excluding carboxylic acids is 1. The molecule has 1 N–H and O–H groups in total. The highest BCUT2D eigenvalue weighted by Crippen LogP contribution is 2.34. The highest BCUT2D eigenvalue weighted by atomic mass is 16.6. The van der Waals surface area contributed by atoms with Gasteiger partial charge in [-0.25, -0.2) is 9.78 Å². The van der Waals surface area contributed by atoms with E-state index in [9.17, 15) is 25.0 Å². The van der Waals surface area contributed by atoms with Crippen LogP contribution in [0.15, 0.2) is 30.5 Å². The van der Waals surface area contributed by atoms with Gasteiger partial charge < -0.3 is 15.0 Å². The van der Waals surface area contributed by atoms with Gasteiger partial charge in [0.25, 0.3) is 11.4 Å². The number of methoxy groups -OCH3 is 1. The number of nitro benzene ring substituents is 2. The third-order valence-corrected chi connectivity index (χ3v) is 4.87. The fourth-order valence-corrected chi connectivity index (χ4v) is 3.37. The minimum absolute atomic E-state index is 0.131. The van der Waals surface area contributed by atoms with Crippen molar-refractivity contribution in [2.24, 2.45) is 0 Å². The average molecular weight is 415 g/mol. The molecule has 30 heavy (non-hydrogen) atoms. The summed E-state index contributed by atoms with van der Waals surface area (Å²) >= 11 is 0. The van der Waals surface area contributed by atoms with Crippen molar-refractivity contribution in [3.05, 3.63) is 61.8 Å². The van der Waals surface area contributed by atoms with E-state index in [4.69, 9.17) is 0 Å². The second-order valence-electron chi connectivity index (χ2n) is 6.82. The molecule has 0 spiro atoms. The third-order valence-electron chi connectivity index (χ3n) is 4.87. The molecule has 1 aliphatic rings. The van der Waals surface area contributed by atoms with E-state index in [2.05, 4.69) is 19.9 Å². The molecule has 1 aliphatic heterocycles. The zero-order chi connectivity index (χ0) is 21.7. The molecule has 0 unspecified atom stereocenters. The summed E-state index contributed by atoms with van der Waals surface area (Å²) in [5.74, 6) is -0.0894. The van der Waals surface area contributed by atoms with E-state index in [1.807, 2.05) is 6.07 Å². The Bertz CT molecular complexity index is 974. The van der Waals surface area contributed by atoms with Crippen LogP contribution in [0.3, 0.4) is 0 Å². The lowest BCUT2D eigenvalue weighted by molar-refractivity contribution is -0.393. The molecule has 1 aromatic carbocycles. The van der Waals surface area contributed by atoms with Crippen molar-refractivity contribution in [2.75, 3.05) is 30.4 Å². The van der Waals surface area contributed by atoms with E-state index < -0.39 is 27.2 Å². The van der Waals surface area contributed by atoms with Crippen molar-refractivity contribution < 1.29 is 19.4 Å². The van der Waals surface area contributed by atoms with E-state index in [1.54, 1.807) is 12.3 Å². The number of esters is 1. The second-order valence-corrected chi connectivity index (χ2v) is 6.82. The molecule has 1 saturated heterocycles. The van der Waals surface area contributed by atoms with E-state index in [-0.39, 0.29) is 17.8 Å². The lowest BCUT2D eigenvalue weighted by atomic mass is 10.1.